The van der Waals surface area contributed by atoms with E-state index >= 15 is 0 Å². The number of nitrogens with zero attached hydrogens (tertiary/aromatic N) is 2. The van der Waals surface area contributed by atoms with Gasteiger partial charge < -0.3 is 10.2 Å². The summed E-state index contributed by atoms with van der Waals surface area (Å²) in [5, 5.41) is 3.53. The topological polar surface area (TPSA) is 18.5 Å². The molecule has 1 aromatic carbocycles. The summed E-state index contributed by atoms with van der Waals surface area (Å²) in [5.74, 6) is 0. The highest BCUT2D eigenvalue weighted by Crippen LogP contribution is 2.24. The Morgan fingerprint density at radius 2 is 1.90 bits per heavy atom. The van der Waals surface area contributed by atoms with E-state index in [1.165, 1.54) is 17.7 Å². The van der Waals surface area contributed by atoms with E-state index in [0.717, 1.165) is 19.5 Å². The largest absolute Gasteiger partial charge is 0.312 e. The van der Waals surface area contributed by atoms with Crippen molar-refractivity contribution >= 4 is 0 Å². The molecule has 3 heteroatoms. The van der Waals surface area contributed by atoms with Crippen molar-refractivity contribution in [3.63, 3.8) is 0 Å². The minimum atomic E-state index is 0.391. The second-order valence-electron chi connectivity index (χ2n) is 6.45. The number of piperazine rings is 1. The van der Waals surface area contributed by atoms with Crippen LogP contribution >= 0.6 is 0 Å². The minimum Gasteiger partial charge on any atom is -0.312 e. The van der Waals surface area contributed by atoms with Gasteiger partial charge in [-0.15, -0.1) is 0 Å². The fourth-order valence-corrected chi connectivity index (χ4v) is 3.60. The van der Waals surface area contributed by atoms with Crippen LogP contribution in [0, 0.1) is 0 Å². The van der Waals surface area contributed by atoms with Crippen molar-refractivity contribution in [3.8, 4) is 0 Å². The van der Waals surface area contributed by atoms with E-state index in [1.54, 1.807) is 0 Å². The van der Waals surface area contributed by atoms with Crippen LogP contribution in [-0.4, -0.2) is 55.6 Å². The molecule has 21 heavy (non-hydrogen) atoms. The van der Waals surface area contributed by atoms with Crippen LogP contribution in [-0.2, 0) is 6.42 Å². The highest BCUT2D eigenvalue weighted by Gasteiger charge is 2.30. The van der Waals surface area contributed by atoms with Crippen LogP contribution in [0.3, 0.4) is 0 Å². The summed E-state index contributed by atoms with van der Waals surface area (Å²) in [6.07, 6.45) is 1.11. The molecule has 3 nitrogen and oxygen atoms in total. The molecule has 0 amide bonds. The van der Waals surface area contributed by atoms with Crippen LogP contribution in [0.2, 0.25) is 0 Å². The molecule has 1 fully saturated rings. The average molecular weight is 289 g/mol. The lowest BCUT2D eigenvalue weighted by Gasteiger charge is -2.44. The van der Waals surface area contributed by atoms with Gasteiger partial charge in [-0.05, 0) is 45.5 Å². The zero-order chi connectivity index (χ0) is 15.4. The van der Waals surface area contributed by atoms with Crippen molar-refractivity contribution in [2.75, 3.05) is 33.7 Å². The Morgan fingerprint density at radius 1 is 1.24 bits per heavy atom. The molecule has 1 aliphatic heterocycles. The number of rotatable bonds is 5. The average Bonchev–Trinajstić information content (AvgIpc) is 2.48. The third-order valence-electron chi connectivity index (χ3n) is 4.95. The Bertz CT molecular complexity index is 429. The standard InChI is InChI=1S/C18H31N3/c1-6-16-7-9-17(10-8-16)18(19-4)15(3)21-12-11-20(5)13-14(21)2/h7-10,14-15,18-19H,6,11-13H2,1-5H3. The van der Waals surface area contributed by atoms with Crippen LogP contribution in [0.15, 0.2) is 24.3 Å². The monoisotopic (exact) mass is 289 g/mol. The highest BCUT2D eigenvalue weighted by molar-refractivity contribution is 5.26. The van der Waals surface area contributed by atoms with E-state index in [1.807, 2.05) is 0 Å². The zero-order valence-corrected chi connectivity index (χ0v) is 14.3. The van der Waals surface area contributed by atoms with Gasteiger partial charge in [0, 0.05) is 37.8 Å². The fourth-order valence-electron chi connectivity index (χ4n) is 3.60. The van der Waals surface area contributed by atoms with E-state index in [2.05, 4.69) is 74.2 Å². The first-order valence-electron chi connectivity index (χ1n) is 8.27. The summed E-state index contributed by atoms with van der Waals surface area (Å²) >= 11 is 0. The first-order valence-corrected chi connectivity index (χ1v) is 8.27. The summed E-state index contributed by atoms with van der Waals surface area (Å²) < 4.78 is 0. The molecule has 0 aliphatic carbocycles. The minimum absolute atomic E-state index is 0.391. The summed E-state index contributed by atoms with van der Waals surface area (Å²) in [6, 6.07) is 10.6. The molecule has 0 saturated carbocycles. The highest BCUT2D eigenvalue weighted by atomic mass is 15.3. The number of hydrogen-bond donors (Lipinski definition) is 1. The SMILES string of the molecule is CCc1ccc(C(NC)C(C)N2CCN(C)CC2C)cc1. The lowest BCUT2D eigenvalue weighted by Crippen LogP contribution is -2.56. The molecule has 1 aromatic rings. The van der Waals surface area contributed by atoms with Gasteiger partial charge in [-0.3, -0.25) is 4.90 Å². The number of likely N-dealkylation sites (N-methyl/N-ethyl adjacent to an activating group) is 2. The summed E-state index contributed by atoms with van der Waals surface area (Å²) in [4.78, 5) is 5.08. The van der Waals surface area contributed by atoms with Gasteiger partial charge in [0.05, 0.1) is 0 Å². The lowest BCUT2D eigenvalue weighted by molar-refractivity contribution is 0.0530. The molecule has 1 heterocycles. The molecule has 118 valence electrons. The number of nitrogens with one attached hydrogen (secondary N) is 1. The third-order valence-corrected chi connectivity index (χ3v) is 4.95. The smallest absolute Gasteiger partial charge is 0.0473 e. The molecular weight excluding hydrogens is 258 g/mol. The van der Waals surface area contributed by atoms with E-state index in [-0.39, 0.29) is 0 Å². The Kier molecular flexibility index (Phi) is 5.80. The fraction of sp³-hybridized carbons (Fsp3) is 0.667. The predicted octanol–water partition coefficient (Wildman–Crippen LogP) is 2.53. The molecular formula is C18H31N3. The second-order valence-corrected chi connectivity index (χ2v) is 6.45. The molecule has 0 bridgehead atoms. The van der Waals surface area contributed by atoms with Crippen LogP contribution in [0.5, 0.6) is 0 Å². The van der Waals surface area contributed by atoms with E-state index in [0.29, 0.717) is 18.1 Å². The quantitative estimate of drug-likeness (QED) is 0.898. The number of hydrogen-bond acceptors (Lipinski definition) is 3. The normalized spacial score (nSPS) is 24.0. The van der Waals surface area contributed by atoms with E-state index in [9.17, 15) is 0 Å². The molecule has 0 spiro atoms. The van der Waals surface area contributed by atoms with Crippen molar-refractivity contribution in [2.24, 2.45) is 0 Å². The van der Waals surface area contributed by atoms with Gasteiger partial charge in [-0.2, -0.15) is 0 Å². The third kappa shape index (κ3) is 3.85. The molecule has 3 atom stereocenters. The van der Waals surface area contributed by atoms with Gasteiger partial charge in [0.25, 0.3) is 0 Å². The van der Waals surface area contributed by atoms with Crippen molar-refractivity contribution in [3.05, 3.63) is 35.4 Å². The van der Waals surface area contributed by atoms with Crippen LogP contribution in [0.4, 0.5) is 0 Å². The maximum Gasteiger partial charge on any atom is 0.0473 e. The van der Waals surface area contributed by atoms with Crippen molar-refractivity contribution in [2.45, 2.75) is 45.3 Å². The van der Waals surface area contributed by atoms with Crippen LogP contribution in [0.25, 0.3) is 0 Å². The van der Waals surface area contributed by atoms with Crippen molar-refractivity contribution in [1.29, 1.82) is 0 Å². The van der Waals surface area contributed by atoms with Gasteiger partial charge in [0.15, 0.2) is 0 Å². The van der Waals surface area contributed by atoms with Gasteiger partial charge >= 0.3 is 0 Å². The summed E-state index contributed by atoms with van der Waals surface area (Å²) in [7, 11) is 4.30. The predicted molar refractivity (Wildman–Crippen MR) is 90.7 cm³/mol. The van der Waals surface area contributed by atoms with Gasteiger partial charge in [0.2, 0.25) is 0 Å². The zero-order valence-electron chi connectivity index (χ0n) is 14.3. The molecule has 3 unspecified atom stereocenters. The number of benzene rings is 1. The Hall–Kier alpha value is -0.900. The first-order chi connectivity index (χ1) is 10.1. The van der Waals surface area contributed by atoms with Gasteiger partial charge in [-0.1, -0.05) is 31.2 Å². The van der Waals surface area contributed by atoms with Crippen LogP contribution in [0.1, 0.15) is 37.9 Å². The molecule has 1 aliphatic rings. The Labute approximate surface area is 130 Å². The maximum atomic E-state index is 3.53. The molecule has 1 N–H and O–H groups in total. The maximum absolute atomic E-state index is 3.53. The Balaban J connectivity index is 2.11. The van der Waals surface area contributed by atoms with Crippen molar-refractivity contribution < 1.29 is 0 Å². The van der Waals surface area contributed by atoms with Gasteiger partial charge in [0.1, 0.15) is 0 Å². The second kappa shape index (κ2) is 7.39. The molecule has 2 rings (SSSR count). The van der Waals surface area contributed by atoms with Crippen LogP contribution < -0.4 is 5.32 Å². The Morgan fingerprint density at radius 3 is 2.43 bits per heavy atom. The summed E-state index contributed by atoms with van der Waals surface area (Å²) in [5.41, 5.74) is 2.81. The number of aryl methyl sites for hydroxylation is 1. The molecule has 0 radical (unpaired) electrons. The van der Waals surface area contributed by atoms with Gasteiger partial charge in [-0.25, -0.2) is 0 Å². The summed E-state index contributed by atoms with van der Waals surface area (Å²) in [6.45, 7) is 10.4. The lowest BCUT2D eigenvalue weighted by atomic mass is 9.96. The van der Waals surface area contributed by atoms with E-state index in [4.69, 9.17) is 0 Å². The molecule has 1 saturated heterocycles. The first kappa shape index (κ1) is 16.5. The van der Waals surface area contributed by atoms with Crippen molar-refractivity contribution in [1.82, 2.24) is 15.1 Å². The molecule has 0 aromatic heterocycles. The van der Waals surface area contributed by atoms with E-state index < -0.39 is 0 Å².